The van der Waals surface area contributed by atoms with Gasteiger partial charge in [-0.1, -0.05) is 20.3 Å². The molecular formula is C10H18O. The van der Waals surface area contributed by atoms with Crippen molar-refractivity contribution in [2.75, 3.05) is 6.61 Å². The van der Waals surface area contributed by atoms with Gasteiger partial charge in [-0.2, -0.15) is 0 Å². The first-order chi connectivity index (χ1) is 5.23. The second-order valence-corrected chi connectivity index (χ2v) is 4.65. The summed E-state index contributed by atoms with van der Waals surface area (Å²) in [6.07, 6.45) is 6.21. The fraction of sp³-hybridized carbons (Fsp3) is 1.00. The average Bonchev–Trinajstić information content (AvgIpc) is 1.76. The second kappa shape index (κ2) is 2.48. The highest BCUT2D eigenvalue weighted by Gasteiger charge is 2.51. The first-order valence-electron chi connectivity index (χ1n) is 4.84. The third-order valence-corrected chi connectivity index (χ3v) is 3.29. The van der Waals surface area contributed by atoms with Gasteiger partial charge in [-0.15, -0.1) is 0 Å². The molecule has 1 saturated heterocycles. The van der Waals surface area contributed by atoms with Crippen LogP contribution in [-0.4, -0.2) is 12.7 Å². The van der Waals surface area contributed by atoms with Gasteiger partial charge in [0.05, 0.1) is 12.7 Å². The zero-order chi connectivity index (χ0) is 7.90. The first-order valence-corrected chi connectivity index (χ1v) is 4.84. The molecule has 0 aromatic carbocycles. The molecule has 2 rings (SSSR count). The van der Waals surface area contributed by atoms with Gasteiger partial charge in [0.25, 0.3) is 0 Å². The third-order valence-electron chi connectivity index (χ3n) is 3.29. The summed E-state index contributed by atoms with van der Waals surface area (Å²) in [7, 11) is 0. The van der Waals surface area contributed by atoms with Crippen molar-refractivity contribution in [1.82, 2.24) is 0 Å². The van der Waals surface area contributed by atoms with Gasteiger partial charge >= 0.3 is 0 Å². The molecular weight excluding hydrogens is 136 g/mol. The third kappa shape index (κ3) is 1.10. The van der Waals surface area contributed by atoms with Crippen molar-refractivity contribution in [1.29, 1.82) is 0 Å². The van der Waals surface area contributed by atoms with E-state index in [4.69, 9.17) is 4.74 Å². The summed E-state index contributed by atoms with van der Waals surface area (Å²) in [5, 5.41) is 0. The van der Waals surface area contributed by atoms with Crippen molar-refractivity contribution in [2.45, 2.75) is 45.6 Å². The van der Waals surface area contributed by atoms with Gasteiger partial charge in [0.2, 0.25) is 0 Å². The Morgan fingerprint density at radius 1 is 1.45 bits per heavy atom. The topological polar surface area (TPSA) is 9.23 Å². The van der Waals surface area contributed by atoms with Gasteiger partial charge in [-0.05, 0) is 25.2 Å². The predicted octanol–water partition coefficient (Wildman–Crippen LogP) is 2.60. The highest BCUT2D eigenvalue weighted by molar-refractivity contribution is 5.00. The molecule has 0 unspecified atom stereocenters. The van der Waals surface area contributed by atoms with Crippen LogP contribution in [0.25, 0.3) is 0 Å². The first kappa shape index (κ1) is 7.60. The van der Waals surface area contributed by atoms with Gasteiger partial charge in [0.1, 0.15) is 0 Å². The fourth-order valence-corrected chi connectivity index (χ4v) is 2.28. The van der Waals surface area contributed by atoms with E-state index in [1.165, 1.54) is 25.7 Å². The lowest BCUT2D eigenvalue weighted by Crippen LogP contribution is -2.56. The summed E-state index contributed by atoms with van der Waals surface area (Å²) in [5.74, 6) is 0.803. The maximum absolute atomic E-state index is 5.60. The Balaban J connectivity index is 1.86. The summed E-state index contributed by atoms with van der Waals surface area (Å²) >= 11 is 0. The average molecular weight is 154 g/mol. The molecule has 1 heteroatoms. The molecule has 2 aliphatic rings. The van der Waals surface area contributed by atoms with Crippen molar-refractivity contribution in [2.24, 2.45) is 11.3 Å². The normalized spacial score (nSPS) is 33.5. The summed E-state index contributed by atoms with van der Waals surface area (Å²) < 4.78 is 5.60. The molecule has 1 aliphatic heterocycles. The minimum atomic E-state index is 0.622. The summed E-state index contributed by atoms with van der Waals surface area (Å²) in [4.78, 5) is 0. The Bertz CT molecular complexity index is 141. The van der Waals surface area contributed by atoms with E-state index in [0.29, 0.717) is 11.5 Å². The lowest BCUT2D eigenvalue weighted by molar-refractivity contribution is -0.228. The molecule has 0 aromatic heterocycles. The number of hydrogen-bond acceptors (Lipinski definition) is 1. The highest BCUT2D eigenvalue weighted by Crippen LogP contribution is 2.53. The molecule has 11 heavy (non-hydrogen) atoms. The molecule has 1 spiro atoms. The van der Waals surface area contributed by atoms with Crippen molar-refractivity contribution in [3.8, 4) is 0 Å². The van der Waals surface area contributed by atoms with Gasteiger partial charge in [0, 0.05) is 5.41 Å². The van der Waals surface area contributed by atoms with Crippen LogP contribution in [-0.2, 0) is 4.74 Å². The highest BCUT2D eigenvalue weighted by atomic mass is 16.5. The van der Waals surface area contributed by atoms with E-state index >= 15 is 0 Å². The van der Waals surface area contributed by atoms with Crippen LogP contribution in [0.5, 0.6) is 0 Å². The molecule has 1 atom stereocenters. The molecule has 1 saturated carbocycles. The minimum absolute atomic E-state index is 0.622. The molecule has 64 valence electrons. The van der Waals surface area contributed by atoms with Crippen LogP contribution in [0, 0.1) is 11.3 Å². The van der Waals surface area contributed by atoms with Crippen molar-refractivity contribution < 1.29 is 4.74 Å². The quantitative estimate of drug-likeness (QED) is 0.594. The molecule has 0 amide bonds. The molecule has 0 radical (unpaired) electrons. The molecule has 1 heterocycles. The van der Waals surface area contributed by atoms with Crippen LogP contribution in [0.15, 0.2) is 0 Å². The Hall–Kier alpha value is -0.0400. The smallest absolute Gasteiger partial charge is 0.0656 e. The van der Waals surface area contributed by atoms with Crippen LogP contribution in [0.2, 0.25) is 0 Å². The van der Waals surface area contributed by atoms with E-state index in [0.717, 1.165) is 12.5 Å². The molecule has 1 nitrogen and oxygen atoms in total. The Kier molecular flexibility index (Phi) is 1.71. The van der Waals surface area contributed by atoms with Crippen molar-refractivity contribution in [3.63, 3.8) is 0 Å². The predicted molar refractivity (Wildman–Crippen MR) is 45.5 cm³/mol. The number of hydrogen-bond donors (Lipinski definition) is 0. The summed E-state index contributed by atoms with van der Waals surface area (Å²) in [5.41, 5.74) is 0.671. The standard InChI is InChI=1S/C10H18O/c1-8(2)6-9-10(7-11-9)4-3-5-10/h8-9H,3-7H2,1-2H3/t9-/m1/s1. The van der Waals surface area contributed by atoms with E-state index in [9.17, 15) is 0 Å². The molecule has 0 bridgehead atoms. The lowest BCUT2D eigenvalue weighted by Gasteiger charge is -2.56. The minimum Gasteiger partial charge on any atom is -0.377 e. The number of rotatable bonds is 2. The Morgan fingerprint density at radius 2 is 2.18 bits per heavy atom. The zero-order valence-corrected chi connectivity index (χ0v) is 7.60. The molecule has 0 aromatic rings. The van der Waals surface area contributed by atoms with Crippen LogP contribution >= 0.6 is 0 Å². The second-order valence-electron chi connectivity index (χ2n) is 4.65. The SMILES string of the molecule is CC(C)C[C@H]1OCC12CCC2. The van der Waals surface area contributed by atoms with Gasteiger partial charge in [-0.3, -0.25) is 0 Å². The van der Waals surface area contributed by atoms with E-state index in [2.05, 4.69) is 13.8 Å². The summed E-state index contributed by atoms with van der Waals surface area (Å²) in [6, 6.07) is 0. The Labute approximate surface area is 69.1 Å². The maximum Gasteiger partial charge on any atom is 0.0656 e. The largest absolute Gasteiger partial charge is 0.377 e. The zero-order valence-electron chi connectivity index (χ0n) is 7.60. The maximum atomic E-state index is 5.60. The van der Waals surface area contributed by atoms with Crippen molar-refractivity contribution >= 4 is 0 Å². The van der Waals surface area contributed by atoms with Crippen LogP contribution in [0.1, 0.15) is 39.5 Å². The fourth-order valence-electron chi connectivity index (χ4n) is 2.28. The van der Waals surface area contributed by atoms with E-state index in [1.807, 2.05) is 0 Å². The Morgan fingerprint density at radius 3 is 2.45 bits per heavy atom. The van der Waals surface area contributed by atoms with Gasteiger partial charge in [-0.25, -0.2) is 0 Å². The van der Waals surface area contributed by atoms with Crippen LogP contribution < -0.4 is 0 Å². The summed E-state index contributed by atoms with van der Waals surface area (Å²) in [6.45, 7) is 5.63. The van der Waals surface area contributed by atoms with E-state index in [-0.39, 0.29) is 0 Å². The van der Waals surface area contributed by atoms with E-state index < -0.39 is 0 Å². The monoisotopic (exact) mass is 154 g/mol. The van der Waals surface area contributed by atoms with Gasteiger partial charge < -0.3 is 4.74 Å². The lowest BCUT2D eigenvalue weighted by atomic mass is 9.61. The van der Waals surface area contributed by atoms with E-state index in [1.54, 1.807) is 0 Å². The molecule has 0 N–H and O–H groups in total. The van der Waals surface area contributed by atoms with Crippen LogP contribution in [0.3, 0.4) is 0 Å². The number of ether oxygens (including phenoxy) is 1. The van der Waals surface area contributed by atoms with Gasteiger partial charge in [0.15, 0.2) is 0 Å². The molecule has 1 aliphatic carbocycles. The van der Waals surface area contributed by atoms with Crippen molar-refractivity contribution in [3.05, 3.63) is 0 Å². The molecule has 2 fully saturated rings. The van der Waals surface area contributed by atoms with Crippen LogP contribution in [0.4, 0.5) is 0 Å².